The zero-order valence-corrected chi connectivity index (χ0v) is 12.7. The van der Waals surface area contributed by atoms with Gasteiger partial charge >= 0.3 is 0 Å². The van der Waals surface area contributed by atoms with E-state index in [4.69, 9.17) is 8.83 Å². The molecule has 0 aliphatic heterocycles. The van der Waals surface area contributed by atoms with Crippen molar-refractivity contribution >= 4 is 21.9 Å². The van der Waals surface area contributed by atoms with Gasteiger partial charge in [0, 0.05) is 5.56 Å². The van der Waals surface area contributed by atoms with Gasteiger partial charge in [0.1, 0.15) is 11.2 Å². The Morgan fingerprint density at radius 1 is 1.00 bits per heavy atom. The zero-order valence-electron chi connectivity index (χ0n) is 12.7. The monoisotopic (exact) mass is 306 g/mol. The molecule has 4 nitrogen and oxygen atoms in total. The molecule has 4 rings (SSSR count). The van der Waals surface area contributed by atoms with Crippen LogP contribution < -0.4 is 5.43 Å². The summed E-state index contributed by atoms with van der Waals surface area (Å²) < 4.78 is 11.4. The first-order chi connectivity index (χ1) is 11.1. The molecule has 0 radical (unpaired) electrons. The van der Waals surface area contributed by atoms with Crippen LogP contribution in [0.3, 0.4) is 0 Å². The van der Waals surface area contributed by atoms with E-state index < -0.39 is 5.43 Å². The first-order valence-electron chi connectivity index (χ1n) is 7.30. The molecule has 0 unspecified atom stereocenters. The Morgan fingerprint density at radius 3 is 2.48 bits per heavy atom. The molecular formula is C19H14O4. The Hall–Kier alpha value is -3.01. The van der Waals surface area contributed by atoms with Gasteiger partial charge in [0.25, 0.3) is 0 Å². The van der Waals surface area contributed by atoms with Gasteiger partial charge in [-0.25, -0.2) is 0 Å². The highest BCUT2D eigenvalue weighted by atomic mass is 16.4. The van der Waals surface area contributed by atoms with E-state index in [1.165, 1.54) is 0 Å². The predicted octanol–water partition coefficient (Wildman–Crippen LogP) is 4.53. The first-order valence-corrected chi connectivity index (χ1v) is 7.30. The summed E-state index contributed by atoms with van der Waals surface area (Å²) in [6.45, 7) is 3.86. The van der Waals surface area contributed by atoms with Crippen molar-refractivity contribution in [2.75, 3.05) is 0 Å². The highest BCUT2D eigenvalue weighted by Gasteiger charge is 2.18. The van der Waals surface area contributed by atoms with Crippen LogP contribution in [0.1, 0.15) is 11.1 Å². The van der Waals surface area contributed by atoms with Crippen LogP contribution in [-0.2, 0) is 0 Å². The van der Waals surface area contributed by atoms with Crippen molar-refractivity contribution in [1.82, 2.24) is 0 Å². The van der Waals surface area contributed by atoms with E-state index in [-0.39, 0.29) is 11.5 Å². The fourth-order valence-corrected chi connectivity index (χ4v) is 2.81. The molecule has 0 fully saturated rings. The molecule has 0 aliphatic carbocycles. The summed E-state index contributed by atoms with van der Waals surface area (Å²) in [6, 6.07) is 10.8. The fourth-order valence-electron chi connectivity index (χ4n) is 2.81. The normalized spacial score (nSPS) is 11.4. The number of aromatic hydroxyl groups is 1. The summed E-state index contributed by atoms with van der Waals surface area (Å²) in [6.07, 6.45) is 1.63. The molecular weight excluding hydrogens is 292 g/mol. The second kappa shape index (κ2) is 4.74. The minimum absolute atomic E-state index is 0.176. The number of benzene rings is 2. The van der Waals surface area contributed by atoms with E-state index in [2.05, 4.69) is 0 Å². The van der Waals surface area contributed by atoms with Crippen LogP contribution in [0.25, 0.3) is 33.3 Å². The maximum atomic E-state index is 12.5. The lowest BCUT2D eigenvalue weighted by Gasteiger charge is -2.07. The highest BCUT2D eigenvalue weighted by Crippen LogP contribution is 2.34. The van der Waals surface area contributed by atoms with E-state index >= 15 is 0 Å². The molecule has 114 valence electrons. The highest BCUT2D eigenvalue weighted by molar-refractivity contribution is 6.04. The summed E-state index contributed by atoms with van der Waals surface area (Å²) in [4.78, 5) is 12.5. The lowest BCUT2D eigenvalue weighted by atomic mass is 10.1. The molecule has 1 N–H and O–H groups in total. The van der Waals surface area contributed by atoms with E-state index in [0.29, 0.717) is 22.1 Å². The largest absolute Gasteiger partial charge is 0.502 e. The van der Waals surface area contributed by atoms with Gasteiger partial charge in [-0.05, 0) is 31.5 Å². The third-order valence-electron chi connectivity index (χ3n) is 4.07. The summed E-state index contributed by atoms with van der Waals surface area (Å²) in [5.41, 5.74) is 3.28. The third kappa shape index (κ3) is 1.95. The van der Waals surface area contributed by atoms with Crippen LogP contribution in [0, 0.1) is 13.8 Å². The summed E-state index contributed by atoms with van der Waals surface area (Å²) >= 11 is 0. The molecule has 0 spiro atoms. The number of rotatable bonds is 1. The molecule has 4 aromatic rings. The third-order valence-corrected chi connectivity index (χ3v) is 4.07. The molecule has 0 aliphatic rings. The maximum Gasteiger partial charge on any atom is 0.235 e. The Kier molecular flexibility index (Phi) is 2.81. The number of fused-ring (bicyclic) bond motifs is 3. The predicted molar refractivity (Wildman–Crippen MR) is 88.8 cm³/mol. The molecule has 0 bridgehead atoms. The Balaban J connectivity index is 2.15. The number of aryl methyl sites for hydroxylation is 2. The number of furan rings is 1. The quantitative estimate of drug-likeness (QED) is 0.561. The van der Waals surface area contributed by atoms with Crippen molar-refractivity contribution in [2.45, 2.75) is 13.8 Å². The van der Waals surface area contributed by atoms with Crippen LogP contribution in [0.15, 0.2) is 56.3 Å². The minimum Gasteiger partial charge on any atom is -0.502 e. The zero-order chi connectivity index (χ0) is 16.1. The SMILES string of the molecule is Cc1ccc(-c2oc3c(ccc4occ(C)c43)c(=O)c2O)cc1. The van der Waals surface area contributed by atoms with E-state index in [1.807, 2.05) is 38.1 Å². The van der Waals surface area contributed by atoms with Crippen LogP contribution in [0.2, 0.25) is 0 Å². The second-order valence-electron chi connectivity index (χ2n) is 5.71. The average Bonchev–Trinajstić information content (AvgIpc) is 2.93. The Bertz CT molecular complexity index is 1100. The van der Waals surface area contributed by atoms with Crippen molar-refractivity contribution in [3.05, 3.63) is 64.0 Å². The van der Waals surface area contributed by atoms with Gasteiger partial charge in [-0.2, -0.15) is 0 Å². The van der Waals surface area contributed by atoms with Crippen molar-refractivity contribution in [2.24, 2.45) is 0 Å². The van der Waals surface area contributed by atoms with E-state index in [0.717, 1.165) is 16.5 Å². The average molecular weight is 306 g/mol. The van der Waals surface area contributed by atoms with Crippen LogP contribution >= 0.6 is 0 Å². The standard InChI is InChI=1S/C19H14O4/c1-10-3-5-12(6-4-10)18-17(21)16(20)13-7-8-14-15(19(13)23-18)11(2)9-22-14/h3-9,21H,1-2H3. The summed E-state index contributed by atoms with van der Waals surface area (Å²) in [7, 11) is 0. The topological polar surface area (TPSA) is 63.6 Å². The number of hydrogen-bond acceptors (Lipinski definition) is 4. The van der Waals surface area contributed by atoms with Crippen LogP contribution in [-0.4, -0.2) is 5.11 Å². The van der Waals surface area contributed by atoms with Gasteiger partial charge in [0.15, 0.2) is 5.76 Å². The fraction of sp³-hybridized carbons (Fsp3) is 0.105. The van der Waals surface area contributed by atoms with Crippen LogP contribution in [0.4, 0.5) is 0 Å². The first kappa shape index (κ1) is 13.6. The van der Waals surface area contributed by atoms with E-state index in [9.17, 15) is 9.90 Å². The molecule has 2 heterocycles. The van der Waals surface area contributed by atoms with Crippen molar-refractivity contribution < 1.29 is 13.9 Å². The Morgan fingerprint density at radius 2 is 1.74 bits per heavy atom. The molecule has 2 aromatic heterocycles. The molecule has 0 amide bonds. The Labute approximate surface area is 131 Å². The van der Waals surface area contributed by atoms with Crippen molar-refractivity contribution in [3.8, 4) is 17.1 Å². The molecule has 23 heavy (non-hydrogen) atoms. The van der Waals surface area contributed by atoms with Crippen molar-refractivity contribution in [3.63, 3.8) is 0 Å². The second-order valence-corrected chi connectivity index (χ2v) is 5.71. The van der Waals surface area contributed by atoms with Gasteiger partial charge < -0.3 is 13.9 Å². The summed E-state index contributed by atoms with van der Waals surface area (Å²) in [5.74, 6) is -0.197. The van der Waals surface area contributed by atoms with Crippen LogP contribution in [0.5, 0.6) is 5.75 Å². The van der Waals surface area contributed by atoms with Gasteiger partial charge in [-0.1, -0.05) is 29.8 Å². The van der Waals surface area contributed by atoms with E-state index in [1.54, 1.807) is 18.4 Å². The molecule has 0 saturated heterocycles. The smallest absolute Gasteiger partial charge is 0.235 e. The lowest BCUT2D eigenvalue weighted by Crippen LogP contribution is -2.02. The lowest BCUT2D eigenvalue weighted by molar-refractivity contribution is 0.449. The van der Waals surface area contributed by atoms with Gasteiger partial charge in [-0.15, -0.1) is 0 Å². The maximum absolute atomic E-state index is 12.5. The van der Waals surface area contributed by atoms with Gasteiger partial charge in [-0.3, -0.25) is 4.79 Å². The molecule has 4 heteroatoms. The van der Waals surface area contributed by atoms with Gasteiger partial charge in [0.05, 0.1) is 17.0 Å². The molecule has 0 saturated carbocycles. The molecule has 2 aromatic carbocycles. The number of hydrogen-bond donors (Lipinski definition) is 1. The van der Waals surface area contributed by atoms with Crippen molar-refractivity contribution in [1.29, 1.82) is 0 Å². The van der Waals surface area contributed by atoms with Gasteiger partial charge in [0.2, 0.25) is 11.2 Å². The summed E-state index contributed by atoms with van der Waals surface area (Å²) in [5, 5.41) is 11.4. The minimum atomic E-state index is -0.440. The molecule has 0 atom stereocenters.